The summed E-state index contributed by atoms with van der Waals surface area (Å²) in [4.78, 5) is 12.8. The van der Waals surface area contributed by atoms with Crippen molar-refractivity contribution in [2.24, 2.45) is 0 Å². The van der Waals surface area contributed by atoms with Crippen LogP contribution < -0.4 is 4.90 Å². The van der Waals surface area contributed by atoms with E-state index in [2.05, 4.69) is 43.9 Å². The quantitative estimate of drug-likeness (QED) is 0.645. The third-order valence-electron chi connectivity index (χ3n) is 5.34. The van der Waals surface area contributed by atoms with Crippen molar-refractivity contribution in [1.29, 1.82) is 0 Å². The Hall–Kier alpha value is -3.13. The zero-order valence-electron chi connectivity index (χ0n) is 17.0. The summed E-state index contributed by atoms with van der Waals surface area (Å²) < 4.78 is 28.8. The molecule has 8 heteroatoms. The summed E-state index contributed by atoms with van der Waals surface area (Å²) in [5.41, 5.74) is 2.59. The van der Waals surface area contributed by atoms with Crippen LogP contribution in [0, 0.1) is 18.6 Å². The maximum absolute atomic E-state index is 13.6. The second kappa shape index (κ2) is 8.71. The van der Waals surface area contributed by atoms with Crippen LogP contribution in [0.3, 0.4) is 0 Å². The molecule has 1 unspecified atom stereocenters. The van der Waals surface area contributed by atoms with Crippen molar-refractivity contribution in [2.75, 3.05) is 31.1 Å². The standard InChI is InChI=1S/C22H24F2N6/c1-16-15-28(9-10-29(16)21-12-19(23)11-20(24)13-21)8-3-5-18-14-27-30(17(18)2)22-25-6-4-7-26-22/h3-7,11-14,16H,8-10,15H2,1-2H3/b5-3+. The fourth-order valence-corrected chi connectivity index (χ4v) is 3.80. The van der Waals surface area contributed by atoms with Gasteiger partial charge < -0.3 is 4.90 Å². The fourth-order valence-electron chi connectivity index (χ4n) is 3.80. The van der Waals surface area contributed by atoms with Crippen LogP contribution in [-0.4, -0.2) is 56.9 Å². The topological polar surface area (TPSA) is 50.1 Å². The highest BCUT2D eigenvalue weighted by Gasteiger charge is 2.24. The molecular formula is C22H24F2N6. The molecule has 156 valence electrons. The molecule has 1 aliphatic heterocycles. The normalized spacial score (nSPS) is 17.7. The lowest BCUT2D eigenvalue weighted by Crippen LogP contribution is -2.52. The third-order valence-corrected chi connectivity index (χ3v) is 5.34. The number of benzene rings is 1. The molecule has 30 heavy (non-hydrogen) atoms. The van der Waals surface area contributed by atoms with Crippen LogP contribution in [0.4, 0.5) is 14.5 Å². The van der Waals surface area contributed by atoms with Gasteiger partial charge in [0.15, 0.2) is 0 Å². The molecule has 1 saturated heterocycles. The first-order valence-electron chi connectivity index (χ1n) is 9.95. The van der Waals surface area contributed by atoms with Gasteiger partial charge >= 0.3 is 0 Å². The van der Waals surface area contributed by atoms with Crippen LogP contribution in [0.1, 0.15) is 18.2 Å². The molecule has 0 bridgehead atoms. The minimum absolute atomic E-state index is 0.160. The van der Waals surface area contributed by atoms with E-state index in [1.807, 2.05) is 6.92 Å². The van der Waals surface area contributed by atoms with Crippen LogP contribution in [0.5, 0.6) is 0 Å². The maximum atomic E-state index is 13.6. The van der Waals surface area contributed by atoms with Gasteiger partial charge in [0, 0.05) is 61.9 Å². The lowest BCUT2D eigenvalue weighted by molar-refractivity contribution is 0.251. The van der Waals surface area contributed by atoms with Gasteiger partial charge in [-0.15, -0.1) is 0 Å². The smallest absolute Gasteiger partial charge is 0.250 e. The van der Waals surface area contributed by atoms with Crippen molar-refractivity contribution >= 4 is 11.8 Å². The average Bonchev–Trinajstić information content (AvgIpc) is 3.08. The van der Waals surface area contributed by atoms with Gasteiger partial charge in [-0.25, -0.2) is 23.4 Å². The Morgan fingerprint density at radius 1 is 1.10 bits per heavy atom. The molecule has 0 N–H and O–H groups in total. The number of piperazine rings is 1. The number of nitrogens with zero attached hydrogens (tertiary/aromatic N) is 6. The van der Waals surface area contributed by atoms with Gasteiger partial charge in [-0.2, -0.15) is 5.10 Å². The monoisotopic (exact) mass is 410 g/mol. The van der Waals surface area contributed by atoms with Crippen LogP contribution in [0.15, 0.2) is 48.9 Å². The Bertz CT molecular complexity index is 1010. The first-order chi connectivity index (χ1) is 14.5. The summed E-state index contributed by atoms with van der Waals surface area (Å²) in [6.45, 7) is 7.22. The highest BCUT2D eigenvalue weighted by atomic mass is 19.1. The molecule has 0 amide bonds. The van der Waals surface area contributed by atoms with E-state index in [0.717, 1.165) is 43.5 Å². The number of halogens is 2. The number of anilines is 1. The van der Waals surface area contributed by atoms with Crippen molar-refractivity contribution in [3.05, 3.63) is 71.8 Å². The molecule has 0 spiro atoms. The minimum atomic E-state index is -0.542. The Labute approximate surface area is 174 Å². The summed E-state index contributed by atoms with van der Waals surface area (Å²) in [6.07, 6.45) is 9.36. The summed E-state index contributed by atoms with van der Waals surface area (Å²) in [5, 5.41) is 4.38. The van der Waals surface area contributed by atoms with E-state index in [1.54, 1.807) is 29.3 Å². The number of aromatic nitrogens is 4. The minimum Gasteiger partial charge on any atom is -0.366 e. The van der Waals surface area contributed by atoms with Gasteiger partial charge in [-0.05, 0) is 32.0 Å². The largest absolute Gasteiger partial charge is 0.366 e. The highest BCUT2D eigenvalue weighted by molar-refractivity contribution is 5.52. The molecular weight excluding hydrogens is 386 g/mol. The molecule has 2 aromatic heterocycles. The second-order valence-corrected chi connectivity index (χ2v) is 7.48. The fraction of sp³-hybridized carbons (Fsp3) is 0.318. The van der Waals surface area contributed by atoms with E-state index in [0.29, 0.717) is 11.6 Å². The Balaban J connectivity index is 1.37. The van der Waals surface area contributed by atoms with Crippen molar-refractivity contribution in [1.82, 2.24) is 24.6 Å². The van der Waals surface area contributed by atoms with Gasteiger partial charge in [-0.1, -0.05) is 12.2 Å². The summed E-state index contributed by atoms with van der Waals surface area (Å²) in [5.74, 6) is -0.535. The zero-order chi connectivity index (χ0) is 21.1. The number of hydrogen-bond acceptors (Lipinski definition) is 5. The van der Waals surface area contributed by atoms with Gasteiger partial charge in [0.25, 0.3) is 5.95 Å². The Morgan fingerprint density at radius 3 is 2.53 bits per heavy atom. The first kappa shape index (κ1) is 20.2. The SMILES string of the molecule is Cc1c(/C=C/CN2CCN(c3cc(F)cc(F)c3)C(C)C2)cnn1-c1ncccn1. The van der Waals surface area contributed by atoms with E-state index in [-0.39, 0.29) is 6.04 Å². The highest BCUT2D eigenvalue weighted by Crippen LogP contribution is 2.23. The molecule has 4 rings (SSSR count). The Kier molecular flexibility index (Phi) is 5.85. The van der Waals surface area contributed by atoms with Crippen LogP contribution in [0.25, 0.3) is 12.0 Å². The lowest BCUT2D eigenvalue weighted by atomic mass is 10.1. The molecule has 1 aliphatic rings. The van der Waals surface area contributed by atoms with Crippen LogP contribution in [-0.2, 0) is 0 Å². The predicted molar refractivity (Wildman–Crippen MR) is 113 cm³/mol. The first-order valence-corrected chi connectivity index (χ1v) is 9.95. The van der Waals surface area contributed by atoms with Crippen molar-refractivity contribution in [2.45, 2.75) is 19.9 Å². The number of hydrogen-bond donors (Lipinski definition) is 0. The molecule has 1 atom stereocenters. The van der Waals surface area contributed by atoms with Crippen molar-refractivity contribution in [3.63, 3.8) is 0 Å². The van der Waals surface area contributed by atoms with Gasteiger partial charge in [0.2, 0.25) is 0 Å². The summed E-state index contributed by atoms with van der Waals surface area (Å²) in [7, 11) is 0. The Morgan fingerprint density at radius 2 is 1.83 bits per heavy atom. The predicted octanol–water partition coefficient (Wildman–Crippen LogP) is 3.47. The molecule has 1 fully saturated rings. The van der Waals surface area contributed by atoms with Crippen molar-refractivity contribution < 1.29 is 8.78 Å². The van der Waals surface area contributed by atoms with Gasteiger partial charge in [0.1, 0.15) is 11.6 Å². The molecule has 0 aliphatic carbocycles. The summed E-state index contributed by atoms with van der Waals surface area (Å²) in [6, 6.07) is 5.63. The van der Waals surface area contributed by atoms with Crippen molar-refractivity contribution in [3.8, 4) is 5.95 Å². The van der Waals surface area contributed by atoms with E-state index >= 15 is 0 Å². The lowest BCUT2D eigenvalue weighted by Gasteiger charge is -2.41. The zero-order valence-corrected chi connectivity index (χ0v) is 17.0. The van der Waals surface area contributed by atoms with E-state index < -0.39 is 11.6 Å². The molecule has 1 aromatic carbocycles. The maximum Gasteiger partial charge on any atom is 0.250 e. The number of rotatable bonds is 5. The molecule has 3 aromatic rings. The van der Waals surface area contributed by atoms with Gasteiger partial charge in [-0.3, -0.25) is 4.90 Å². The molecule has 6 nitrogen and oxygen atoms in total. The molecule has 3 heterocycles. The summed E-state index contributed by atoms with van der Waals surface area (Å²) >= 11 is 0. The van der Waals surface area contributed by atoms with Crippen LogP contribution in [0.2, 0.25) is 0 Å². The van der Waals surface area contributed by atoms with Gasteiger partial charge in [0.05, 0.1) is 11.9 Å². The molecule has 0 saturated carbocycles. The van der Waals surface area contributed by atoms with E-state index in [9.17, 15) is 8.78 Å². The molecule has 0 radical (unpaired) electrons. The second-order valence-electron chi connectivity index (χ2n) is 7.48. The third kappa shape index (κ3) is 4.38. The van der Waals surface area contributed by atoms with Crippen LogP contribution >= 0.6 is 0 Å². The average molecular weight is 410 g/mol. The van der Waals surface area contributed by atoms with E-state index in [4.69, 9.17) is 0 Å². The van der Waals surface area contributed by atoms with E-state index in [1.165, 1.54) is 12.1 Å².